The van der Waals surface area contributed by atoms with Crippen LogP contribution in [0.25, 0.3) is 0 Å². The molecule has 0 aromatic heterocycles. The SMILES string of the molecule is CC(C)C.CC(C)CC1NCCN(CC(=O)N2CCC(C)(CC(N)=O)CC2)C1=O. The highest BCUT2D eigenvalue weighted by Gasteiger charge is 2.35. The Morgan fingerprint density at radius 1 is 1.14 bits per heavy atom. The second-order valence-corrected chi connectivity index (χ2v) is 9.96. The third-order valence-corrected chi connectivity index (χ3v) is 5.34. The first-order valence-electron chi connectivity index (χ1n) is 11.0. The lowest BCUT2D eigenvalue weighted by Gasteiger charge is -2.40. The molecule has 3 N–H and O–H groups in total. The molecule has 7 heteroatoms. The van der Waals surface area contributed by atoms with E-state index in [4.69, 9.17) is 5.73 Å². The molecule has 2 aliphatic heterocycles. The van der Waals surface area contributed by atoms with E-state index >= 15 is 0 Å². The van der Waals surface area contributed by atoms with Crippen LogP contribution < -0.4 is 11.1 Å². The molecular weight excluding hydrogens is 368 g/mol. The van der Waals surface area contributed by atoms with Gasteiger partial charge in [-0.15, -0.1) is 0 Å². The minimum absolute atomic E-state index is 0.000304. The van der Waals surface area contributed by atoms with Crippen LogP contribution in [-0.2, 0) is 14.4 Å². The first-order valence-corrected chi connectivity index (χ1v) is 11.0. The monoisotopic (exact) mass is 410 g/mol. The highest BCUT2D eigenvalue weighted by molar-refractivity contribution is 5.88. The molecule has 0 aromatic rings. The van der Waals surface area contributed by atoms with Gasteiger partial charge in [-0.1, -0.05) is 41.5 Å². The predicted molar refractivity (Wildman–Crippen MR) is 116 cm³/mol. The van der Waals surface area contributed by atoms with Gasteiger partial charge in [-0.05, 0) is 36.5 Å². The van der Waals surface area contributed by atoms with Crippen molar-refractivity contribution in [1.29, 1.82) is 0 Å². The van der Waals surface area contributed by atoms with Gasteiger partial charge in [0.05, 0.1) is 12.6 Å². The average Bonchev–Trinajstić information content (AvgIpc) is 2.57. The lowest BCUT2D eigenvalue weighted by molar-refractivity contribution is -0.144. The second kappa shape index (κ2) is 11.5. The molecule has 0 aliphatic carbocycles. The van der Waals surface area contributed by atoms with E-state index in [-0.39, 0.29) is 35.7 Å². The van der Waals surface area contributed by atoms with Crippen molar-refractivity contribution in [3.63, 3.8) is 0 Å². The largest absolute Gasteiger partial charge is 0.370 e. The van der Waals surface area contributed by atoms with Crippen molar-refractivity contribution in [2.75, 3.05) is 32.7 Å². The summed E-state index contributed by atoms with van der Waals surface area (Å²) in [4.78, 5) is 39.8. The van der Waals surface area contributed by atoms with E-state index in [2.05, 4.69) is 46.9 Å². The van der Waals surface area contributed by atoms with Gasteiger partial charge < -0.3 is 20.9 Å². The fourth-order valence-electron chi connectivity index (χ4n) is 3.76. The Kier molecular flexibility index (Phi) is 10.1. The van der Waals surface area contributed by atoms with E-state index in [1.165, 1.54) is 0 Å². The zero-order valence-corrected chi connectivity index (χ0v) is 19.3. The summed E-state index contributed by atoms with van der Waals surface area (Å²) in [5.41, 5.74) is 5.20. The maximum atomic E-state index is 12.6. The summed E-state index contributed by atoms with van der Waals surface area (Å²) in [5, 5.41) is 3.25. The van der Waals surface area contributed by atoms with Crippen molar-refractivity contribution in [3.8, 4) is 0 Å². The molecule has 168 valence electrons. The van der Waals surface area contributed by atoms with Gasteiger partial charge in [0.1, 0.15) is 0 Å². The molecule has 3 amide bonds. The lowest BCUT2D eigenvalue weighted by atomic mass is 9.77. The summed E-state index contributed by atoms with van der Waals surface area (Å²) >= 11 is 0. The zero-order valence-electron chi connectivity index (χ0n) is 19.3. The summed E-state index contributed by atoms with van der Waals surface area (Å²) in [5.74, 6) is 1.01. The molecule has 1 unspecified atom stereocenters. The Bertz CT molecular complexity index is 552. The number of piperazine rings is 1. The lowest BCUT2D eigenvalue weighted by Crippen LogP contribution is -2.58. The van der Waals surface area contributed by atoms with Crippen LogP contribution in [0.3, 0.4) is 0 Å². The van der Waals surface area contributed by atoms with Crippen LogP contribution in [0.4, 0.5) is 0 Å². The molecule has 0 aromatic carbocycles. The molecular formula is C22H42N4O3. The number of primary amides is 1. The third kappa shape index (κ3) is 9.15. The molecule has 0 spiro atoms. The topological polar surface area (TPSA) is 95.7 Å². The van der Waals surface area contributed by atoms with Gasteiger partial charge in [-0.3, -0.25) is 14.4 Å². The Labute approximate surface area is 176 Å². The number of likely N-dealkylation sites (tertiary alicyclic amines) is 1. The van der Waals surface area contributed by atoms with Crippen LogP contribution in [0.15, 0.2) is 0 Å². The summed E-state index contributed by atoms with van der Waals surface area (Å²) in [7, 11) is 0. The van der Waals surface area contributed by atoms with Crippen molar-refractivity contribution in [3.05, 3.63) is 0 Å². The van der Waals surface area contributed by atoms with E-state index in [1.807, 2.05) is 4.90 Å². The summed E-state index contributed by atoms with van der Waals surface area (Å²) in [6, 6.07) is -0.179. The number of hydrogen-bond acceptors (Lipinski definition) is 4. The van der Waals surface area contributed by atoms with Gasteiger partial charge in [0.25, 0.3) is 0 Å². The number of carbonyl (C=O) groups is 3. The molecule has 2 rings (SSSR count). The van der Waals surface area contributed by atoms with E-state index < -0.39 is 0 Å². The van der Waals surface area contributed by atoms with Gasteiger partial charge in [0.2, 0.25) is 17.7 Å². The number of amides is 3. The number of carbonyl (C=O) groups excluding carboxylic acids is 3. The maximum Gasteiger partial charge on any atom is 0.242 e. The van der Waals surface area contributed by atoms with Crippen LogP contribution in [0.1, 0.15) is 67.2 Å². The molecule has 1 atom stereocenters. The van der Waals surface area contributed by atoms with E-state index in [0.29, 0.717) is 32.0 Å². The van der Waals surface area contributed by atoms with Crippen LogP contribution in [0.5, 0.6) is 0 Å². The molecule has 0 saturated carbocycles. The first-order chi connectivity index (χ1) is 13.4. The first kappa shape index (κ1) is 25.4. The standard InChI is InChI=1S/C18H32N4O3.C4H10/c1-13(2)10-14-17(25)22(9-6-20-14)12-16(24)21-7-4-18(3,5-8-21)11-15(19)23;1-4(2)3/h13-14,20H,4-12H2,1-3H3,(H2,19,23);4H,1-3H3. The minimum atomic E-state index is -0.287. The van der Waals surface area contributed by atoms with Gasteiger partial charge in [-0.2, -0.15) is 0 Å². The fraction of sp³-hybridized carbons (Fsp3) is 0.864. The van der Waals surface area contributed by atoms with Gasteiger partial charge in [0, 0.05) is 32.6 Å². The Balaban J connectivity index is 0.000000960. The van der Waals surface area contributed by atoms with Crippen LogP contribution in [-0.4, -0.2) is 66.3 Å². The number of nitrogens with zero attached hydrogens (tertiary/aromatic N) is 2. The number of hydrogen-bond donors (Lipinski definition) is 2. The molecule has 2 saturated heterocycles. The highest BCUT2D eigenvalue weighted by Crippen LogP contribution is 2.34. The Morgan fingerprint density at radius 3 is 2.17 bits per heavy atom. The zero-order chi connectivity index (χ0) is 22.2. The predicted octanol–water partition coefficient (Wildman–Crippen LogP) is 2.00. The molecule has 0 radical (unpaired) electrons. The number of nitrogens with one attached hydrogen (secondary N) is 1. The van der Waals surface area contributed by atoms with Gasteiger partial charge in [0.15, 0.2) is 0 Å². The molecule has 29 heavy (non-hydrogen) atoms. The van der Waals surface area contributed by atoms with E-state index in [0.717, 1.165) is 31.7 Å². The highest BCUT2D eigenvalue weighted by atomic mass is 16.2. The molecule has 0 bridgehead atoms. The van der Waals surface area contributed by atoms with Crippen molar-refractivity contribution < 1.29 is 14.4 Å². The van der Waals surface area contributed by atoms with Crippen molar-refractivity contribution in [1.82, 2.24) is 15.1 Å². The summed E-state index contributed by atoms with van der Waals surface area (Å²) in [6.45, 7) is 15.4. The fourth-order valence-corrected chi connectivity index (χ4v) is 3.76. The van der Waals surface area contributed by atoms with E-state index in [1.54, 1.807) is 4.90 Å². The number of rotatable bonds is 6. The quantitative estimate of drug-likeness (QED) is 0.700. The van der Waals surface area contributed by atoms with Crippen molar-refractivity contribution in [2.45, 2.75) is 73.3 Å². The van der Waals surface area contributed by atoms with E-state index in [9.17, 15) is 14.4 Å². The van der Waals surface area contributed by atoms with Crippen molar-refractivity contribution in [2.24, 2.45) is 23.0 Å². The Hall–Kier alpha value is -1.63. The summed E-state index contributed by atoms with van der Waals surface area (Å²) < 4.78 is 0. The second-order valence-electron chi connectivity index (χ2n) is 9.96. The maximum absolute atomic E-state index is 12.6. The molecule has 2 heterocycles. The van der Waals surface area contributed by atoms with Gasteiger partial charge in [-0.25, -0.2) is 0 Å². The smallest absolute Gasteiger partial charge is 0.242 e. The molecule has 2 fully saturated rings. The van der Waals surface area contributed by atoms with Gasteiger partial charge >= 0.3 is 0 Å². The minimum Gasteiger partial charge on any atom is -0.370 e. The number of piperidine rings is 1. The van der Waals surface area contributed by atoms with Crippen LogP contribution in [0, 0.1) is 17.3 Å². The Morgan fingerprint density at radius 2 is 1.69 bits per heavy atom. The molecule has 2 aliphatic rings. The number of nitrogens with two attached hydrogens (primary N) is 1. The van der Waals surface area contributed by atoms with Crippen LogP contribution in [0.2, 0.25) is 0 Å². The van der Waals surface area contributed by atoms with Crippen molar-refractivity contribution >= 4 is 17.7 Å². The third-order valence-electron chi connectivity index (χ3n) is 5.34. The average molecular weight is 411 g/mol. The van der Waals surface area contributed by atoms with Crippen LogP contribution >= 0.6 is 0 Å². The molecule has 7 nitrogen and oxygen atoms in total. The summed E-state index contributed by atoms with van der Waals surface area (Å²) in [6.07, 6.45) is 2.70. The normalized spacial score (nSPS) is 21.8.